The average Bonchev–Trinajstić information content (AvgIpc) is 3.12. The molecule has 26 heavy (non-hydrogen) atoms. The molecule has 0 fully saturated rings. The number of benzene rings is 2. The molecule has 0 aliphatic heterocycles. The Morgan fingerprint density at radius 3 is 2.50 bits per heavy atom. The van der Waals surface area contributed by atoms with Gasteiger partial charge in [0, 0.05) is 11.1 Å². The number of nitrogens with zero attached hydrogens (tertiary/aromatic N) is 2. The Morgan fingerprint density at radius 1 is 1.12 bits per heavy atom. The van der Waals surface area contributed by atoms with Gasteiger partial charge in [0.05, 0.1) is 12.4 Å². The van der Waals surface area contributed by atoms with Crippen molar-refractivity contribution < 1.29 is 22.7 Å². The van der Waals surface area contributed by atoms with Gasteiger partial charge in [-0.1, -0.05) is 11.8 Å². The fourth-order valence-electron chi connectivity index (χ4n) is 2.20. The molecule has 0 spiro atoms. The van der Waals surface area contributed by atoms with E-state index in [9.17, 15) is 13.6 Å². The molecule has 0 saturated heterocycles. The first-order valence-corrected chi connectivity index (χ1v) is 8.49. The molecular weight excluding hydrogens is 362 g/mol. The molecule has 0 aliphatic rings. The fourth-order valence-corrected chi connectivity index (χ4v) is 2.96. The van der Waals surface area contributed by atoms with Crippen LogP contribution in [-0.2, 0) is 0 Å². The van der Waals surface area contributed by atoms with Crippen LogP contribution >= 0.6 is 11.8 Å². The quantitative estimate of drug-likeness (QED) is 0.470. The zero-order valence-corrected chi connectivity index (χ0v) is 14.7. The average molecular weight is 376 g/mol. The Kier molecular flexibility index (Phi) is 5.32. The molecule has 1 aromatic heterocycles. The number of hydrogen-bond donors (Lipinski definition) is 0. The third-order valence-electron chi connectivity index (χ3n) is 3.59. The Labute approximate surface area is 152 Å². The highest BCUT2D eigenvalue weighted by Crippen LogP contribution is 2.28. The van der Waals surface area contributed by atoms with Gasteiger partial charge in [0.1, 0.15) is 5.75 Å². The number of methoxy groups -OCH3 is 1. The van der Waals surface area contributed by atoms with Gasteiger partial charge < -0.3 is 9.15 Å². The summed E-state index contributed by atoms with van der Waals surface area (Å²) in [6.45, 7) is 1.63. The van der Waals surface area contributed by atoms with Crippen LogP contribution in [0.3, 0.4) is 0 Å². The van der Waals surface area contributed by atoms with Crippen LogP contribution in [0, 0.1) is 11.6 Å². The predicted molar refractivity (Wildman–Crippen MR) is 92.3 cm³/mol. The Bertz CT molecular complexity index is 928. The van der Waals surface area contributed by atoms with E-state index in [2.05, 4.69) is 10.2 Å². The number of ether oxygens (including phenoxy) is 1. The Balaban J connectivity index is 1.71. The van der Waals surface area contributed by atoms with Crippen molar-refractivity contribution in [3.8, 4) is 17.2 Å². The highest BCUT2D eigenvalue weighted by molar-refractivity contribution is 8.00. The molecule has 8 heteroatoms. The zero-order valence-electron chi connectivity index (χ0n) is 13.9. The van der Waals surface area contributed by atoms with Crippen LogP contribution in [-0.4, -0.2) is 28.3 Å². The van der Waals surface area contributed by atoms with E-state index >= 15 is 0 Å². The van der Waals surface area contributed by atoms with Crippen molar-refractivity contribution in [1.29, 1.82) is 0 Å². The highest BCUT2D eigenvalue weighted by atomic mass is 32.2. The molecule has 1 atom stereocenters. The fraction of sp³-hybridized carbons (Fsp3) is 0.167. The lowest BCUT2D eigenvalue weighted by atomic mass is 10.1. The maximum atomic E-state index is 13.3. The van der Waals surface area contributed by atoms with Crippen LogP contribution in [0.25, 0.3) is 11.5 Å². The standard InChI is InChI=1S/C18H14F2N2O3S/c1-10(16(23)12-5-8-14(19)15(20)9-12)26-18-22-21-17(25-18)11-3-6-13(24-2)7-4-11/h3-10H,1-2H3. The van der Waals surface area contributed by atoms with Crippen LogP contribution in [0.4, 0.5) is 8.78 Å². The summed E-state index contributed by atoms with van der Waals surface area (Å²) in [6, 6.07) is 10.1. The summed E-state index contributed by atoms with van der Waals surface area (Å²) >= 11 is 1.05. The van der Waals surface area contributed by atoms with E-state index in [4.69, 9.17) is 9.15 Å². The zero-order chi connectivity index (χ0) is 18.7. The molecule has 1 unspecified atom stereocenters. The lowest BCUT2D eigenvalue weighted by molar-refractivity contribution is 0.0993. The van der Waals surface area contributed by atoms with Gasteiger partial charge in [-0.3, -0.25) is 4.79 Å². The minimum Gasteiger partial charge on any atom is -0.497 e. The first-order chi connectivity index (χ1) is 12.5. The van der Waals surface area contributed by atoms with Gasteiger partial charge in [-0.15, -0.1) is 10.2 Å². The predicted octanol–water partition coefficient (Wildman–Crippen LogP) is 4.39. The van der Waals surface area contributed by atoms with E-state index in [-0.39, 0.29) is 16.6 Å². The number of aromatic nitrogens is 2. The minimum atomic E-state index is -1.06. The van der Waals surface area contributed by atoms with E-state index in [1.165, 1.54) is 6.07 Å². The topological polar surface area (TPSA) is 65.2 Å². The van der Waals surface area contributed by atoms with Crippen molar-refractivity contribution in [2.75, 3.05) is 7.11 Å². The van der Waals surface area contributed by atoms with E-state index in [0.29, 0.717) is 17.2 Å². The number of halogens is 2. The molecule has 5 nitrogen and oxygen atoms in total. The maximum absolute atomic E-state index is 13.3. The number of Topliss-reactive ketones (excluding diaryl/α,β-unsaturated/α-hetero) is 1. The number of hydrogen-bond acceptors (Lipinski definition) is 6. The first kappa shape index (κ1) is 18.1. The second kappa shape index (κ2) is 7.65. The van der Waals surface area contributed by atoms with E-state index in [1.807, 2.05) is 0 Å². The Hall–Kier alpha value is -2.74. The lowest BCUT2D eigenvalue weighted by Gasteiger charge is -2.07. The van der Waals surface area contributed by atoms with Crippen LogP contribution in [0.2, 0.25) is 0 Å². The van der Waals surface area contributed by atoms with Crippen molar-refractivity contribution >= 4 is 17.5 Å². The normalized spacial score (nSPS) is 12.0. The molecule has 0 radical (unpaired) electrons. The smallest absolute Gasteiger partial charge is 0.277 e. The Morgan fingerprint density at radius 2 is 1.85 bits per heavy atom. The van der Waals surface area contributed by atoms with Gasteiger partial charge in [0.2, 0.25) is 5.89 Å². The molecule has 2 aromatic carbocycles. The van der Waals surface area contributed by atoms with Gasteiger partial charge in [0.15, 0.2) is 17.4 Å². The number of ketones is 1. The molecular formula is C18H14F2N2O3S. The van der Waals surface area contributed by atoms with E-state index in [1.54, 1.807) is 38.3 Å². The maximum Gasteiger partial charge on any atom is 0.277 e. The molecule has 3 aromatic rings. The number of rotatable bonds is 6. The molecule has 0 saturated carbocycles. The summed E-state index contributed by atoms with van der Waals surface area (Å²) in [5.41, 5.74) is 0.795. The SMILES string of the molecule is COc1ccc(-c2nnc(SC(C)C(=O)c3ccc(F)c(F)c3)o2)cc1. The number of thioether (sulfide) groups is 1. The summed E-state index contributed by atoms with van der Waals surface area (Å²) in [6.07, 6.45) is 0. The van der Waals surface area contributed by atoms with Crippen molar-refractivity contribution in [2.24, 2.45) is 0 Å². The second-order valence-electron chi connectivity index (χ2n) is 5.35. The first-order valence-electron chi connectivity index (χ1n) is 7.62. The summed E-state index contributed by atoms with van der Waals surface area (Å²) in [5, 5.41) is 7.47. The van der Waals surface area contributed by atoms with Crippen LogP contribution in [0.15, 0.2) is 52.1 Å². The number of carbonyl (C=O) groups excluding carboxylic acids is 1. The third-order valence-corrected chi connectivity index (χ3v) is 4.53. The van der Waals surface area contributed by atoms with E-state index < -0.39 is 16.9 Å². The summed E-state index contributed by atoms with van der Waals surface area (Å²) in [4.78, 5) is 12.3. The molecule has 3 rings (SSSR count). The lowest BCUT2D eigenvalue weighted by Crippen LogP contribution is -2.14. The van der Waals surface area contributed by atoms with Gasteiger partial charge >= 0.3 is 0 Å². The van der Waals surface area contributed by atoms with Crippen LogP contribution in [0.1, 0.15) is 17.3 Å². The second-order valence-corrected chi connectivity index (χ2v) is 6.65. The van der Waals surface area contributed by atoms with Crippen molar-refractivity contribution in [3.05, 3.63) is 59.7 Å². The van der Waals surface area contributed by atoms with Gasteiger partial charge in [-0.05, 0) is 49.4 Å². The summed E-state index contributed by atoms with van der Waals surface area (Å²) in [7, 11) is 1.57. The molecule has 0 amide bonds. The molecule has 0 N–H and O–H groups in total. The largest absolute Gasteiger partial charge is 0.497 e. The monoisotopic (exact) mass is 376 g/mol. The third kappa shape index (κ3) is 3.91. The van der Waals surface area contributed by atoms with Crippen LogP contribution < -0.4 is 4.74 Å². The number of carbonyl (C=O) groups is 1. The van der Waals surface area contributed by atoms with Crippen molar-refractivity contribution in [2.45, 2.75) is 17.4 Å². The van der Waals surface area contributed by atoms with Crippen LogP contribution in [0.5, 0.6) is 5.75 Å². The highest BCUT2D eigenvalue weighted by Gasteiger charge is 2.21. The molecule has 1 heterocycles. The molecule has 0 aliphatic carbocycles. The summed E-state index contributed by atoms with van der Waals surface area (Å²) in [5.74, 6) is -1.41. The minimum absolute atomic E-state index is 0.0822. The summed E-state index contributed by atoms with van der Waals surface area (Å²) < 4.78 is 36.9. The van der Waals surface area contributed by atoms with Gasteiger partial charge in [-0.25, -0.2) is 8.78 Å². The van der Waals surface area contributed by atoms with Gasteiger partial charge in [-0.2, -0.15) is 0 Å². The van der Waals surface area contributed by atoms with Gasteiger partial charge in [0.25, 0.3) is 5.22 Å². The molecule has 0 bridgehead atoms. The molecule has 134 valence electrons. The van der Waals surface area contributed by atoms with Crippen molar-refractivity contribution in [1.82, 2.24) is 10.2 Å². The van der Waals surface area contributed by atoms with E-state index in [0.717, 1.165) is 23.9 Å². The van der Waals surface area contributed by atoms with Crippen molar-refractivity contribution in [3.63, 3.8) is 0 Å².